The molecule has 0 bridgehead atoms. The molecule has 3 unspecified atom stereocenters. The summed E-state index contributed by atoms with van der Waals surface area (Å²) in [6.07, 6.45) is -0.248. The van der Waals surface area contributed by atoms with E-state index in [1.54, 1.807) is 12.1 Å². The Morgan fingerprint density at radius 1 is 1.20 bits per heavy atom. The molecular weight excluding hydrogens is 256 g/mol. The number of rotatable bonds is 3. The zero-order valence-electron chi connectivity index (χ0n) is 10.9. The van der Waals surface area contributed by atoms with E-state index in [0.29, 0.717) is 18.4 Å². The molecule has 104 valence electrons. The van der Waals surface area contributed by atoms with Crippen LogP contribution in [0.3, 0.4) is 0 Å². The number of aliphatic hydroxyl groups is 2. The summed E-state index contributed by atoms with van der Waals surface area (Å²) >= 11 is 0. The lowest BCUT2D eigenvalue weighted by Crippen LogP contribution is -2.57. The molecule has 0 spiro atoms. The molecule has 20 heavy (non-hydrogen) atoms. The second-order valence-electron chi connectivity index (χ2n) is 5.39. The first-order valence-corrected chi connectivity index (χ1v) is 6.65. The average Bonchev–Trinajstić information content (AvgIpc) is 2.45. The summed E-state index contributed by atoms with van der Waals surface area (Å²) in [4.78, 5) is 11.7. The summed E-state index contributed by atoms with van der Waals surface area (Å²) in [5.74, 6) is -2.22. The first-order chi connectivity index (χ1) is 9.54. The van der Waals surface area contributed by atoms with E-state index in [9.17, 15) is 20.1 Å². The number of carbonyl (C=O) groups is 1. The second kappa shape index (κ2) is 4.58. The molecular formula is C16H16O4. The zero-order valence-corrected chi connectivity index (χ0v) is 10.9. The van der Waals surface area contributed by atoms with Gasteiger partial charge >= 0.3 is 5.97 Å². The van der Waals surface area contributed by atoms with Crippen molar-refractivity contribution in [2.75, 3.05) is 0 Å². The molecule has 0 heterocycles. The van der Waals surface area contributed by atoms with Gasteiger partial charge in [-0.2, -0.15) is 0 Å². The van der Waals surface area contributed by atoms with Crippen LogP contribution in [0.5, 0.6) is 0 Å². The molecule has 3 N–H and O–H groups in total. The molecule has 3 rings (SSSR count). The van der Waals surface area contributed by atoms with Crippen LogP contribution >= 0.6 is 0 Å². The monoisotopic (exact) mass is 272 g/mol. The zero-order chi connectivity index (χ0) is 14.3. The van der Waals surface area contributed by atoms with Crippen molar-refractivity contribution in [3.63, 3.8) is 0 Å². The van der Waals surface area contributed by atoms with Gasteiger partial charge in [-0.25, -0.2) is 0 Å². The Morgan fingerprint density at radius 2 is 1.90 bits per heavy atom. The van der Waals surface area contributed by atoms with Crippen molar-refractivity contribution in [1.82, 2.24) is 0 Å². The Morgan fingerprint density at radius 3 is 2.50 bits per heavy atom. The van der Waals surface area contributed by atoms with Crippen molar-refractivity contribution in [3.05, 3.63) is 48.0 Å². The van der Waals surface area contributed by atoms with Gasteiger partial charge in [0.25, 0.3) is 0 Å². The third kappa shape index (κ3) is 1.80. The van der Waals surface area contributed by atoms with Gasteiger partial charge in [-0.3, -0.25) is 4.79 Å². The van der Waals surface area contributed by atoms with E-state index in [-0.39, 0.29) is 0 Å². The van der Waals surface area contributed by atoms with Crippen molar-refractivity contribution >= 4 is 16.7 Å². The maximum absolute atomic E-state index is 11.7. The first-order valence-electron chi connectivity index (χ1n) is 6.65. The van der Waals surface area contributed by atoms with Gasteiger partial charge in [-0.05, 0) is 29.2 Å². The minimum absolute atomic E-state index is 0.300. The van der Waals surface area contributed by atoms with Gasteiger partial charge < -0.3 is 15.3 Å². The van der Waals surface area contributed by atoms with E-state index in [4.69, 9.17) is 0 Å². The first kappa shape index (κ1) is 13.1. The van der Waals surface area contributed by atoms with Gasteiger partial charge in [0.1, 0.15) is 11.5 Å². The quantitative estimate of drug-likeness (QED) is 0.797. The van der Waals surface area contributed by atoms with Crippen LogP contribution in [0.1, 0.15) is 24.3 Å². The highest BCUT2D eigenvalue weighted by Gasteiger charge is 2.54. The van der Waals surface area contributed by atoms with Crippen molar-refractivity contribution < 1.29 is 20.1 Å². The van der Waals surface area contributed by atoms with Crippen LogP contribution in [0.4, 0.5) is 0 Å². The van der Waals surface area contributed by atoms with E-state index in [1.807, 2.05) is 30.3 Å². The Balaban J connectivity index is 2.18. The number of hydrogen-bond acceptors (Lipinski definition) is 3. The van der Waals surface area contributed by atoms with E-state index in [1.165, 1.54) is 0 Å². The lowest BCUT2D eigenvalue weighted by atomic mass is 9.66. The fourth-order valence-corrected chi connectivity index (χ4v) is 3.02. The molecule has 1 aliphatic carbocycles. The normalized spacial score (nSPS) is 27.0. The van der Waals surface area contributed by atoms with Crippen LogP contribution in [0.2, 0.25) is 0 Å². The average molecular weight is 272 g/mol. The molecule has 0 saturated heterocycles. The van der Waals surface area contributed by atoms with Gasteiger partial charge in [0.15, 0.2) is 0 Å². The van der Waals surface area contributed by atoms with Crippen LogP contribution in [-0.4, -0.2) is 33.0 Å². The predicted octanol–water partition coefficient (Wildman–Crippen LogP) is 1.89. The lowest BCUT2D eigenvalue weighted by molar-refractivity contribution is -0.179. The second-order valence-corrected chi connectivity index (χ2v) is 5.39. The summed E-state index contributed by atoms with van der Waals surface area (Å²) in [6, 6.07) is 12.9. The molecule has 4 heteroatoms. The summed E-state index contributed by atoms with van der Waals surface area (Å²) in [7, 11) is 0. The van der Waals surface area contributed by atoms with Crippen LogP contribution < -0.4 is 0 Å². The van der Waals surface area contributed by atoms with Crippen molar-refractivity contribution in [3.8, 4) is 0 Å². The fourth-order valence-electron chi connectivity index (χ4n) is 3.02. The van der Waals surface area contributed by atoms with E-state index < -0.39 is 23.6 Å². The topological polar surface area (TPSA) is 77.8 Å². The molecule has 3 atom stereocenters. The largest absolute Gasteiger partial charge is 0.481 e. The number of fused-ring (bicyclic) bond motifs is 1. The molecule has 1 fully saturated rings. The van der Waals surface area contributed by atoms with Crippen LogP contribution in [0, 0.1) is 0 Å². The summed E-state index contributed by atoms with van der Waals surface area (Å²) in [6.45, 7) is 0. The van der Waals surface area contributed by atoms with E-state index >= 15 is 0 Å². The Bertz CT molecular complexity index is 661. The molecule has 1 aliphatic rings. The summed E-state index contributed by atoms with van der Waals surface area (Å²) < 4.78 is 0. The highest BCUT2D eigenvalue weighted by atomic mass is 16.4. The van der Waals surface area contributed by atoms with Crippen molar-refractivity contribution in [1.29, 1.82) is 0 Å². The standard InChI is InChI=1S/C16H16O4/c17-13-8-9-16(13,20)14(15(18)19)12-7-3-5-10-4-1-2-6-11(10)12/h1-7,13-14,17,20H,8-9H2,(H,18,19). The summed E-state index contributed by atoms with van der Waals surface area (Å²) in [5, 5.41) is 31.6. The molecule has 4 nitrogen and oxygen atoms in total. The number of benzene rings is 2. The van der Waals surface area contributed by atoms with Crippen LogP contribution in [0.25, 0.3) is 10.8 Å². The maximum Gasteiger partial charge on any atom is 0.314 e. The van der Waals surface area contributed by atoms with Gasteiger partial charge in [0.05, 0.1) is 6.10 Å². The van der Waals surface area contributed by atoms with Crippen molar-refractivity contribution in [2.45, 2.75) is 30.5 Å². The lowest BCUT2D eigenvalue weighted by Gasteiger charge is -2.46. The minimum atomic E-state index is -1.57. The maximum atomic E-state index is 11.7. The van der Waals surface area contributed by atoms with Crippen molar-refractivity contribution in [2.24, 2.45) is 0 Å². The Hall–Kier alpha value is -1.91. The Kier molecular flexibility index (Phi) is 3.00. The number of carboxylic acid groups (broad SMARTS) is 1. The number of carboxylic acids is 1. The highest BCUT2D eigenvalue weighted by molar-refractivity contribution is 5.91. The molecule has 2 aromatic rings. The third-order valence-electron chi connectivity index (χ3n) is 4.28. The number of hydrogen-bond donors (Lipinski definition) is 3. The highest BCUT2D eigenvalue weighted by Crippen LogP contribution is 2.45. The molecule has 2 aromatic carbocycles. The number of aliphatic hydroxyl groups excluding tert-OH is 1. The molecule has 0 aromatic heterocycles. The smallest absolute Gasteiger partial charge is 0.314 e. The van der Waals surface area contributed by atoms with Gasteiger partial charge in [-0.1, -0.05) is 42.5 Å². The summed E-state index contributed by atoms with van der Waals surface area (Å²) in [5.41, 5.74) is -1.02. The molecule has 1 saturated carbocycles. The predicted molar refractivity (Wildman–Crippen MR) is 74.5 cm³/mol. The number of aliphatic carboxylic acids is 1. The van der Waals surface area contributed by atoms with Gasteiger partial charge in [-0.15, -0.1) is 0 Å². The Labute approximate surface area is 116 Å². The van der Waals surface area contributed by atoms with E-state index in [0.717, 1.165) is 10.8 Å². The third-order valence-corrected chi connectivity index (χ3v) is 4.28. The SMILES string of the molecule is O=C(O)C(c1cccc2ccccc12)C1(O)CCC1O. The van der Waals surface area contributed by atoms with Gasteiger partial charge in [0.2, 0.25) is 0 Å². The van der Waals surface area contributed by atoms with Crippen LogP contribution in [0.15, 0.2) is 42.5 Å². The van der Waals surface area contributed by atoms with E-state index in [2.05, 4.69) is 0 Å². The van der Waals surface area contributed by atoms with Gasteiger partial charge in [0, 0.05) is 0 Å². The fraction of sp³-hybridized carbons (Fsp3) is 0.312. The van der Waals surface area contributed by atoms with Crippen LogP contribution in [-0.2, 0) is 4.79 Å². The molecule has 0 amide bonds. The molecule has 0 radical (unpaired) electrons. The molecule has 0 aliphatic heterocycles. The minimum Gasteiger partial charge on any atom is -0.481 e.